The Balaban J connectivity index is 2.27. The number of methoxy groups -OCH3 is 4. The molecule has 0 aliphatic carbocycles. The van der Waals surface area contributed by atoms with Crippen molar-refractivity contribution in [3.05, 3.63) is 69.7 Å². The summed E-state index contributed by atoms with van der Waals surface area (Å²) in [6.45, 7) is 0. The number of halogens is 2. The van der Waals surface area contributed by atoms with Crippen LogP contribution in [0.15, 0.2) is 64.0 Å². The fraction of sp³-hybridized carbons (Fsp3) is 0.174. The molecule has 0 aromatic heterocycles. The largest absolute Gasteiger partial charge is 0.497 e. The number of carbonyl (C=O) groups is 1. The van der Waals surface area contributed by atoms with Gasteiger partial charge in [-0.25, -0.2) is 8.42 Å². The maximum atomic E-state index is 13.9. The molecule has 3 aromatic rings. The van der Waals surface area contributed by atoms with Gasteiger partial charge in [-0.15, -0.1) is 0 Å². The van der Waals surface area contributed by atoms with Crippen molar-refractivity contribution in [1.82, 2.24) is 0 Å². The predicted octanol–water partition coefficient (Wildman–Crippen LogP) is 5.17. The van der Waals surface area contributed by atoms with E-state index < -0.39 is 15.9 Å². The van der Waals surface area contributed by atoms with Crippen molar-refractivity contribution >= 4 is 49.1 Å². The molecule has 0 bridgehead atoms. The highest BCUT2D eigenvalue weighted by molar-refractivity contribution is 9.10. The zero-order chi connectivity index (χ0) is 25.0. The molecule has 0 spiro atoms. The highest BCUT2D eigenvalue weighted by atomic mass is 79.9. The van der Waals surface area contributed by atoms with Crippen LogP contribution < -0.4 is 23.3 Å². The molecule has 34 heavy (non-hydrogen) atoms. The van der Waals surface area contributed by atoms with Crippen molar-refractivity contribution in [3.63, 3.8) is 0 Å². The highest BCUT2D eigenvalue weighted by Crippen LogP contribution is 2.45. The lowest BCUT2D eigenvalue weighted by molar-refractivity contribution is 0.100. The van der Waals surface area contributed by atoms with E-state index in [2.05, 4.69) is 15.9 Å². The number of nitrogens with zero attached hydrogens (tertiary/aromatic N) is 1. The summed E-state index contributed by atoms with van der Waals surface area (Å²) < 4.78 is 49.5. The quantitative estimate of drug-likeness (QED) is 0.369. The molecule has 3 rings (SSSR count). The van der Waals surface area contributed by atoms with Crippen LogP contribution in [0.25, 0.3) is 0 Å². The first kappa shape index (κ1) is 25.7. The molecule has 0 unspecified atom stereocenters. The van der Waals surface area contributed by atoms with E-state index in [0.717, 1.165) is 0 Å². The van der Waals surface area contributed by atoms with Crippen LogP contribution in [0.2, 0.25) is 5.02 Å². The summed E-state index contributed by atoms with van der Waals surface area (Å²) >= 11 is 9.28. The molecule has 0 aliphatic rings. The van der Waals surface area contributed by atoms with Gasteiger partial charge in [-0.3, -0.25) is 4.79 Å². The maximum absolute atomic E-state index is 13.9. The van der Waals surface area contributed by atoms with E-state index in [-0.39, 0.29) is 37.9 Å². The van der Waals surface area contributed by atoms with E-state index in [1.54, 1.807) is 12.1 Å². The molecule has 0 saturated carbocycles. The number of sulfonamides is 1. The van der Waals surface area contributed by atoms with Crippen LogP contribution in [0.1, 0.15) is 10.4 Å². The molecule has 1 amide bonds. The fourth-order valence-corrected chi connectivity index (χ4v) is 5.34. The second-order valence-corrected chi connectivity index (χ2v) is 9.75. The zero-order valence-electron chi connectivity index (χ0n) is 18.7. The van der Waals surface area contributed by atoms with E-state index in [9.17, 15) is 13.2 Å². The Morgan fingerprint density at radius 1 is 0.853 bits per heavy atom. The van der Waals surface area contributed by atoms with Gasteiger partial charge in [0.2, 0.25) is 5.75 Å². The number of hydrogen-bond donors (Lipinski definition) is 0. The normalized spacial score (nSPS) is 11.0. The summed E-state index contributed by atoms with van der Waals surface area (Å²) in [6, 6.07) is 12.9. The Morgan fingerprint density at radius 2 is 1.44 bits per heavy atom. The third-order valence-corrected chi connectivity index (χ3v) is 7.61. The first-order valence-electron chi connectivity index (χ1n) is 9.67. The molecule has 0 radical (unpaired) electrons. The second-order valence-electron chi connectivity index (χ2n) is 6.73. The smallest absolute Gasteiger partial charge is 0.273 e. The van der Waals surface area contributed by atoms with Gasteiger partial charge in [-0.05, 0) is 70.5 Å². The van der Waals surface area contributed by atoms with Gasteiger partial charge in [-0.2, -0.15) is 4.31 Å². The SMILES string of the molecule is COc1ccc(N(C(=O)c2cc(OC)c(OC)c(OC)c2Br)S(=O)(=O)c2ccc(Cl)cc2)cc1. The van der Waals surface area contributed by atoms with Gasteiger partial charge in [0.1, 0.15) is 5.75 Å². The summed E-state index contributed by atoms with van der Waals surface area (Å²) in [4.78, 5) is 13.7. The van der Waals surface area contributed by atoms with Crippen molar-refractivity contribution in [2.24, 2.45) is 0 Å². The average Bonchev–Trinajstić information content (AvgIpc) is 2.84. The van der Waals surface area contributed by atoms with Crippen LogP contribution in [0, 0.1) is 0 Å². The van der Waals surface area contributed by atoms with Crippen LogP contribution in [0.4, 0.5) is 5.69 Å². The maximum Gasteiger partial charge on any atom is 0.273 e. The van der Waals surface area contributed by atoms with E-state index in [0.29, 0.717) is 15.1 Å². The number of carbonyl (C=O) groups excluding carboxylic acids is 1. The molecule has 0 saturated heterocycles. The number of rotatable bonds is 8. The van der Waals surface area contributed by atoms with Crippen molar-refractivity contribution in [2.45, 2.75) is 4.90 Å². The molecule has 0 N–H and O–H groups in total. The second kappa shape index (κ2) is 10.5. The number of benzene rings is 3. The average molecular weight is 571 g/mol. The van der Waals surface area contributed by atoms with Gasteiger partial charge in [0.25, 0.3) is 15.9 Å². The number of anilines is 1. The molecule has 0 fully saturated rings. The minimum Gasteiger partial charge on any atom is -0.497 e. The third-order valence-electron chi connectivity index (χ3n) is 4.84. The molecule has 11 heteroatoms. The van der Waals surface area contributed by atoms with Gasteiger partial charge in [0.15, 0.2) is 11.5 Å². The molecule has 180 valence electrons. The van der Waals surface area contributed by atoms with E-state index in [1.165, 1.54) is 70.9 Å². The summed E-state index contributed by atoms with van der Waals surface area (Å²) in [5.41, 5.74) is 0.0734. The minimum atomic E-state index is -4.36. The number of ether oxygens (including phenoxy) is 4. The van der Waals surface area contributed by atoms with Gasteiger partial charge >= 0.3 is 0 Å². The Labute approximate surface area is 211 Å². The van der Waals surface area contributed by atoms with Gasteiger partial charge in [0, 0.05) is 5.02 Å². The zero-order valence-corrected chi connectivity index (χ0v) is 21.8. The summed E-state index contributed by atoms with van der Waals surface area (Å²) in [5.74, 6) is 0.235. The van der Waals surface area contributed by atoms with Crippen LogP contribution in [-0.2, 0) is 10.0 Å². The topological polar surface area (TPSA) is 91.4 Å². The first-order chi connectivity index (χ1) is 16.2. The van der Waals surface area contributed by atoms with Crippen molar-refractivity contribution < 1.29 is 32.2 Å². The lowest BCUT2D eigenvalue weighted by Gasteiger charge is -2.24. The monoisotopic (exact) mass is 569 g/mol. The Bertz CT molecular complexity index is 1300. The van der Waals surface area contributed by atoms with Crippen LogP contribution in [-0.4, -0.2) is 42.8 Å². The van der Waals surface area contributed by atoms with Crippen LogP contribution in [0.3, 0.4) is 0 Å². The van der Waals surface area contributed by atoms with Crippen LogP contribution >= 0.6 is 27.5 Å². The van der Waals surface area contributed by atoms with Gasteiger partial charge in [0.05, 0.1) is 49.1 Å². The van der Waals surface area contributed by atoms with Crippen molar-refractivity contribution in [1.29, 1.82) is 0 Å². The lowest BCUT2D eigenvalue weighted by Crippen LogP contribution is -2.37. The Hall–Kier alpha value is -2.95. The van der Waals surface area contributed by atoms with Gasteiger partial charge < -0.3 is 18.9 Å². The van der Waals surface area contributed by atoms with E-state index in [4.69, 9.17) is 30.5 Å². The standard InChI is InChI=1S/C23H21BrClNO7S/c1-30-16-9-7-15(8-10-16)26(34(28,29)17-11-5-14(25)6-12-17)23(27)18-13-19(31-2)21(32-3)22(33-4)20(18)24/h5-13H,1-4H3. The molecule has 0 heterocycles. The van der Waals surface area contributed by atoms with E-state index >= 15 is 0 Å². The molecule has 0 aliphatic heterocycles. The van der Waals surface area contributed by atoms with Crippen molar-refractivity contribution in [3.8, 4) is 23.0 Å². The van der Waals surface area contributed by atoms with Gasteiger partial charge in [-0.1, -0.05) is 11.6 Å². The van der Waals surface area contributed by atoms with Crippen LogP contribution in [0.5, 0.6) is 23.0 Å². The lowest BCUT2D eigenvalue weighted by atomic mass is 10.1. The number of hydrogen-bond acceptors (Lipinski definition) is 7. The molecular weight excluding hydrogens is 550 g/mol. The molecule has 0 atom stereocenters. The summed E-state index contributed by atoms with van der Waals surface area (Å²) in [5, 5.41) is 0.355. The highest BCUT2D eigenvalue weighted by Gasteiger charge is 2.35. The first-order valence-corrected chi connectivity index (χ1v) is 12.3. The Morgan fingerprint density at radius 3 is 1.94 bits per heavy atom. The minimum absolute atomic E-state index is 0.0251. The van der Waals surface area contributed by atoms with E-state index in [1.807, 2.05) is 0 Å². The fourth-order valence-electron chi connectivity index (χ4n) is 3.18. The predicted molar refractivity (Wildman–Crippen MR) is 132 cm³/mol. The number of amides is 1. The third kappa shape index (κ3) is 4.79. The molecule has 3 aromatic carbocycles. The molecule has 8 nitrogen and oxygen atoms in total. The van der Waals surface area contributed by atoms with Crippen molar-refractivity contribution in [2.75, 3.05) is 32.7 Å². The molecular formula is C23H21BrClNO7S. The summed E-state index contributed by atoms with van der Waals surface area (Å²) in [6.07, 6.45) is 0. The summed E-state index contributed by atoms with van der Waals surface area (Å²) in [7, 11) is 1.33. The Kier molecular flexibility index (Phi) is 7.96.